The highest BCUT2D eigenvalue weighted by Crippen LogP contribution is 2.38. The van der Waals surface area contributed by atoms with E-state index in [1.54, 1.807) is 0 Å². The zero-order chi connectivity index (χ0) is 18.6. The van der Waals surface area contributed by atoms with E-state index < -0.39 is 37.6 Å². The number of likely N-dealkylation sites (tertiary alicyclic amines) is 1. The summed E-state index contributed by atoms with van der Waals surface area (Å²) in [6.07, 6.45) is 0. The summed E-state index contributed by atoms with van der Waals surface area (Å²) < 4.78 is 0. The summed E-state index contributed by atoms with van der Waals surface area (Å²) in [6.45, 7) is 7.24. The lowest BCUT2D eigenvalue weighted by Gasteiger charge is -2.03. The molecule has 1 aliphatic rings. The number of benzene rings is 1. The van der Waals surface area contributed by atoms with Gasteiger partial charge < -0.3 is 10.0 Å². The van der Waals surface area contributed by atoms with E-state index in [0.717, 1.165) is 11.8 Å². The molecule has 0 radical (unpaired) electrons. The van der Waals surface area contributed by atoms with E-state index in [9.17, 15) is 30.3 Å². The molecule has 1 aromatic carbocycles. The van der Waals surface area contributed by atoms with E-state index in [1.807, 2.05) is 0 Å². The Morgan fingerprint density at radius 2 is 1.33 bits per heavy atom. The standard InChI is InChI=1S/C7H15N.C6H3N3O7/c1-6-4-8(3)5-7(6)2;10-6-4(8(13)14)1-3(7(11)12)2-5(6)9(15)16/h6-7H,4-5H2,1-3H3;1-2,10H. The Bertz CT molecular complexity index is 619. The summed E-state index contributed by atoms with van der Waals surface area (Å²) in [5.74, 6) is 0.626. The third-order valence-corrected chi connectivity index (χ3v) is 3.83. The van der Waals surface area contributed by atoms with Crippen molar-refractivity contribution in [2.24, 2.45) is 11.8 Å². The van der Waals surface area contributed by atoms with Gasteiger partial charge >= 0.3 is 11.4 Å². The predicted octanol–water partition coefficient (Wildman–Crippen LogP) is 2.32. The highest BCUT2D eigenvalue weighted by atomic mass is 16.6. The third kappa shape index (κ3) is 4.59. The van der Waals surface area contributed by atoms with E-state index in [-0.39, 0.29) is 0 Å². The van der Waals surface area contributed by atoms with Crippen LogP contribution in [0.5, 0.6) is 5.75 Å². The minimum atomic E-state index is -1.21. The Morgan fingerprint density at radius 3 is 1.54 bits per heavy atom. The third-order valence-electron chi connectivity index (χ3n) is 3.83. The monoisotopic (exact) mass is 342 g/mol. The molecule has 0 spiro atoms. The maximum atomic E-state index is 10.4. The second-order valence-electron chi connectivity index (χ2n) is 5.78. The molecule has 11 heteroatoms. The molecular formula is C13H18N4O7. The maximum Gasteiger partial charge on any atom is 0.324 e. The molecule has 1 fully saturated rings. The second kappa shape index (κ2) is 7.64. The zero-order valence-corrected chi connectivity index (χ0v) is 13.4. The second-order valence-corrected chi connectivity index (χ2v) is 5.78. The van der Waals surface area contributed by atoms with E-state index >= 15 is 0 Å². The average molecular weight is 342 g/mol. The summed E-state index contributed by atoms with van der Waals surface area (Å²) in [6, 6.07) is 0.894. The molecule has 1 saturated heterocycles. The van der Waals surface area contributed by atoms with Gasteiger partial charge in [-0.05, 0) is 18.9 Å². The molecule has 1 N–H and O–H groups in total. The highest BCUT2D eigenvalue weighted by molar-refractivity contribution is 5.64. The number of nitro benzene ring substituents is 3. The molecule has 1 aliphatic heterocycles. The number of phenolic OH excluding ortho intramolecular Hbond substituents is 1. The fourth-order valence-electron chi connectivity index (χ4n) is 2.39. The van der Waals surface area contributed by atoms with Crippen LogP contribution in [0.15, 0.2) is 12.1 Å². The minimum Gasteiger partial charge on any atom is -0.497 e. The lowest BCUT2D eigenvalue weighted by Crippen LogP contribution is -2.13. The number of hydrogen-bond donors (Lipinski definition) is 1. The van der Waals surface area contributed by atoms with Crippen LogP contribution in [0.3, 0.4) is 0 Å². The smallest absolute Gasteiger partial charge is 0.324 e. The van der Waals surface area contributed by atoms with Crippen molar-refractivity contribution in [2.75, 3.05) is 20.1 Å². The largest absolute Gasteiger partial charge is 0.497 e. The van der Waals surface area contributed by atoms with Crippen LogP contribution in [0, 0.1) is 42.2 Å². The van der Waals surface area contributed by atoms with Gasteiger partial charge in [0.1, 0.15) is 0 Å². The molecule has 1 heterocycles. The van der Waals surface area contributed by atoms with Crippen molar-refractivity contribution in [3.05, 3.63) is 42.5 Å². The van der Waals surface area contributed by atoms with Gasteiger partial charge in [0.25, 0.3) is 11.4 Å². The number of non-ortho nitro benzene ring substituents is 1. The molecule has 11 nitrogen and oxygen atoms in total. The number of rotatable bonds is 3. The first-order valence-electron chi connectivity index (χ1n) is 7.03. The van der Waals surface area contributed by atoms with Crippen LogP contribution in [-0.4, -0.2) is 44.9 Å². The van der Waals surface area contributed by atoms with E-state index in [2.05, 4.69) is 25.8 Å². The quantitative estimate of drug-likeness (QED) is 0.648. The summed E-state index contributed by atoms with van der Waals surface area (Å²) in [4.78, 5) is 30.2. The Kier molecular flexibility index (Phi) is 6.12. The SMILES string of the molecule is CC1CN(C)CC1C.O=[N+]([O-])c1cc([N+](=O)[O-])c(O)c([N+](=O)[O-])c1. The van der Waals surface area contributed by atoms with Crippen molar-refractivity contribution < 1.29 is 19.9 Å². The lowest BCUT2D eigenvalue weighted by atomic mass is 10.0. The van der Waals surface area contributed by atoms with E-state index in [0.29, 0.717) is 12.1 Å². The summed E-state index contributed by atoms with van der Waals surface area (Å²) >= 11 is 0. The predicted molar refractivity (Wildman–Crippen MR) is 83.9 cm³/mol. The maximum absolute atomic E-state index is 10.4. The van der Waals surface area contributed by atoms with Crippen molar-refractivity contribution in [3.8, 4) is 5.75 Å². The van der Waals surface area contributed by atoms with Crippen LogP contribution in [0.25, 0.3) is 0 Å². The minimum absolute atomic E-state index is 0.447. The molecule has 0 aliphatic carbocycles. The van der Waals surface area contributed by atoms with Crippen molar-refractivity contribution >= 4 is 17.1 Å². The van der Waals surface area contributed by atoms with Gasteiger partial charge in [0, 0.05) is 13.1 Å². The number of nitrogens with zero attached hydrogens (tertiary/aromatic N) is 4. The molecule has 24 heavy (non-hydrogen) atoms. The first kappa shape index (κ1) is 19.2. The normalized spacial score (nSPS) is 20.1. The van der Waals surface area contributed by atoms with Crippen molar-refractivity contribution in [2.45, 2.75) is 13.8 Å². The van der Waals surface area contributed by atoms with Gasteiger partial charge in [-0.1, -0.05) is 13.8 Å². The van der Waals surface area contributed by atoms with Crippen molar-refractivity contribution in [1.29, 1.82) is 0 Å². The van der Waals surface area contributed by atoms with Gasteiger partial charge in [0.2, 0.25) is 0 Å². The number of nitro groups is 3. The van der Waals surface area contributed by atoms with Gasteiger partial charge in [0.05, 0.1) is 26.9 Å². The van der Waals surface area contributed by atoms with E-state index in [1.165, 1.54) is 13.1 Å². The molecule has 0 bridgehead atoms. The van der Waals surface area contributed by atoms with Crippen LogP contribution >= 0.6 is 0 Å². The van der Waals surface area contributed by atoms with Gasteiger partial charge in [-0.3, -0.25) is 30.3 Å². The molecule has 0 aromatic heterocycles. The van der Waals surface area contributed by atoms with Crippen molar-refractivity contribution in [3.63, 3.8) is 0 Å². The number of phenols is 1. The van der Waals surface area contributed by atoms with Crippen molar-refractivity contribution in [1.82, 2.24) is 4.90 Å². The molecular weight excluding hydrogens is 324 g/mol. The molecule has 2 atom stereocenters. The lowest BCUT2D eigenvalue weighted by molar-refractivity contribution is -0.404. The van der Waals surface area contributed by atoms with Crippen LogP contribution in [0.4, 0.5) is 17.1 Å². The first-order chi connectivity index (χ1) is 11.0. The van der Waals surface area contributed by atoms with Crippen LogP contribution in [0.1, 0.15) is 13.8 Å². The molecule has 2 unspecified atom stereocenters. The van der Waals surface area contributed by atoms with Gasteiger partial charge in [0.15, 0.2) is 0 Å². The fourth-order valence-corrected chi connectivity index (χ4v) is 2.39. The Morgan fingerprint density at radius 1 is 0.958 bits per heavy atom. The zero-order valence-electron chi connectivity index (χ0n) is 13.4. The fraction of sp³-hybridized carbons (Fsp3) is 0.538. The highest BCUT2D eigenvalue weighted by Gasteiger charge is 2.30. The van der Waals surface area contributed by atoms with Gasteiger partial charge in [-0.25, -0.2) is 0 Å². The summed E-state index contributed by atoms with van der Waals surface area (Å²) in [7, 11) is 2.19. The van der Waals surface area contributed by atoms with Gasteiger partial charge in [-0.15, -0.1) is 0 Å². The van der Waals surface area contributed by atoms with Crippen LogP contribution in [-0.2, 0) is 0 Å². The van der Waals surface area contributed by atoms with Crippen LogP contribution in [0.2, 0.25) is 0 Å². The van der Waals surface area contributed by atoms with Gasteiger partial charge in [-0.2, -0.15) is 0 Å². The topological polar surface area (TPSA) is 153 Å². The molecule has 0 amide bonds. The van der Waals surface area contributed by atoms with Crippen LogP contribution < -0.4 is 0 Å². The molecule has 1 aromatic rings. The Balaban J connectivity index is 0.000000300. The summed E-state index contributed by atoms with van der Waals surface area (Å²) in [5.41, 5.74) is -3.00. The Labute approximate surface area is 136 Å². The number of hydrogen-bond acceptors (Lipinski definition) is 8. The average Bonchev–Trinajstić information content (AvgIpc) is 2.75. The number of aromatic hydroxyl groups is 1. The van der Waals surface area contributed by atoms with E-state index in [4.69, 9.17) is 5.11 Å². The summed E-state index contributed by atoms with van der Waals surface area (Å²) in [5, 5.41) is 40.2. The Hall–Kier alpha value is -2.82. The molecule has 0 saturated carbocycles. The molecule has 132 valence electrons. The molecule has 2 rings (SSSR count). The first-order valence-corrected chi connectivity index (χ1v) is 7.03.